The zero-order chi connectivity index (χ0) is 11.3. The largest absolute Gasteiger partial charge is 0.496 e. The zero-order valence-corrected chi connectivity index (χ0v) is 9.00. The quantitative estimate of drug-likeness (QED) is 0.443. The maximum Gasteiger partial charge on any atom is 0.147 e. The van der Waals surface area contributed by atoms with Gasteiger partial charge in [0.05, 0.1) is 7.11 Å². The van der Waals surface area contributed by atoms with Gasteiger partial charge in [-0.3, -0.25) is 5.41 Å². The molecular formula is C11H15N3O. The first kappa shape index (κ1) is 11.4. The van der Waals surface area contributed by atoms with Crippen molar-refractivity contribution in [2.75, 3.05) is 7.11 Å². The Morgan fingerprint density at radius 3 is 2.73 bits per heavy atom. The van der Waals surface area contributed by atoms with Gasteiger partial charge in [-0.2, -0.15) is 0 Å². The van der Waals surface area contributed by atoms with Crippen LogP contribution >= 0.6 is 0 Å². The second kappa shape index (κ2) is 5.24. The van der Waals surface area contributed by atoms with Crippen molar-refractivity contribution in [1.29, 1.82) is 10.9 Å². The molecule has 0 amide bonds. The lowest BCUT2D eigenvalue weighted by Crippen LogP contribution is -1.99. The minimum absolute atomic E-state index is 0.0715. The van der Waals surface area contributed by atoms with Crippen molar-refractivity contribution in [2.24, 2.45) is 5.11 Å². The molecule has 0 aliphatic rings. The first-order chi connectivity index (χ1) is 7.21. The average Bonchev–Trinajstić information content (AvgIpc) is 2.28. The van der Waals surface area contributed by atoms with Gasteiger partial charge in [0.1, 0.15) is 11.6 Å². The Balaban J connectivity index is 2.92. The van der Waals surface area contributed by atoms with Crippen LogP contribution in [0.5, 0.6) is 5.75 Å². The summed E-state index contributed by atoms with van der Waals surface area (Å²) in [5, 5.41) is 10.4. The predicted molar refractivity (Wildman–Crippen MR) is 59.0 cm³/mol. The van der Waals surface area contributed by atoms with Crippen molar-refractivity contribution in [1.82, 2.24) is 0 Å². The highest BCUT2D eigenvalue weighted by Crippen LogP contribution is 2.20. The molecule has 4 heteroatoms. The van der Waals surface area contributed by atoms with Gasteiger partial charge < -0.3 is 4.74 Å². The maximum atomic E-state index is 7.32. The monoisotopic (exact) mass is 205 g/mol. The van der Waals surface area contributed by atoms with Gasteiger partial charge in [-0.1, -0.05) is 19.1 Å². The molecule has 2 N–H and O–H groups in total. The number of aryl methyl sites for hydroxylation is 1. The lowest BCUT2D eigenvalue weighted by molar-refractivity contribution is 0.410. The normalized spacial score (nSPS) is 9.73. The lowest BCUT2D eigenvalue weighted by Gasteiger charge is -2.08. The number of hydrogen-bond acceptors (Lipinski definition) is 3. The van der Waals surface area contributed by atoms with Crippen LogP contribution in [0.15, 0.2) is 23.3 Å². The number of ether oxygens (including phenoxy) is 1. The van der Waals surface area contributed by atoms with Crippen LogP contribution in [-0.2, 0) is 12.8 Å². The van der Waals surface area contributed by atoms with E-state index >= 15 is 0 Å². The van der Waals surface area contributed by atoms with Gasteiger partial charge in [-0.25, -0.2) is 5.53 Å². The highest BCUT2D eigenvalue weighted by Gasteiger charge is 2.04. The fourth-order valence-corrected chi connectivity index (χ4v) is 1.45. The van der Waals surface area contributed by atoms with Gasteiger partial charge in [-0.15, -0.1) is 5.11 Å². The Bertz CT molecular complexity index is 374. The van der Waals surface area contributed by atoms with E-state index in [0.29, 0.717) is 6.42 Å². The summed E-state index contributed by atoms with van der Waals surface area (Å²) in [5.41, 5.74) is 8.82. The van der Waals surface area contributed by atoms with Crippen LogP contribution in [0.3, 0.4) is 0 Å². The SMILES string of the molecule is CCc1cc(CC(=N)N=N)ccc1OC. The fourth-order valence-electron chi connectivity index (χ4n) is 1.45. The molecule has 0 heterocycles. The van der Waals surface area contributed by atoms with E-state index in [1.807, 2.05) is 18.2 Å². The molecule has 0 bridgehead atoms. The first-order valence-electron chi connectivity index (χ1n) is 4.82. The third kappa shape index (κ3) is 2.87. The van der Waals surface area contributed by atoms with Crippen LogP contribution in [0.2, 0.25) is 0 Å². The molecule has 0 spiro atoms. The predicted octanol–water partition coefficient (Wildman–Crippen LogP) is 2.81. The molecule has 1 aromatic carbocycles. The van der Waals surface area contributed by atoms with Gasteiger partial charge in [0.2, 0.25) is 0 Å². The molecule has 0 aliphatic heterocycles. The highest BCUT2D eigenvalue weighted by atomic mass is 16.5. The molecule has 0 atom stereocenters. The summed E-state index contributed by atoms with van der Waals surface area (Å²) in [6.07, 6.45) is 1.29. The van der Waals surface area contributed by atoms with Gasteiger partial charge >= 0.3 is 0 Å². The Hall–Kier alpha value is -1.71. The zero-order valence-electron chi connectivity index (χ0n) is 9.00. The summed E-state index contributed by atoms with van der Waals surface area (Å²) in [4.78, 5) is 0. The Kier molecular flexibility index (Phi) is 3.97. The van der Waals surface area contributed by atoms with Crippen molar-refractivity contribution in [3.8, 4) is 5.75 Å². The molecule has 0 saturated heterocycles. The van der Waals surface area contributed by atoms with E-state index in [2.05, 4.69) is 12.0 Å². The molecule has 1 aromatic rings. The molecule has 0 fully saturated rings. The molecule has 0 aliphatic carbocycles. The number of amidine groups is 1. The minimum Gasteiger partial charge on any atom is -0.496 e. The molecule has 15 heavy (non-hydrogen) atoms. The first-order valence-corrected chi connectivity index (χ1v) is 4.82. The van der Waals surface area contributed by atoms with Crippen LogP contribution in [-0.4, -0.2) is 12.9 Å². The van der Waals surface area contributed by atoms with Crippen LogP contribution < -0.4 is 4.74 Å². The second-order valence-corrected chi connectivity index (χ2v) is 3.24. The number of benzene rings is 1. The van der Waals surface area contributed by atoms with Crippen molar-refractivity contribution in [3.05, 3.63) is 29.3 Å². The van der Waals surface area contributed by atoms with Gasteiger partial charge in [0, 0.05) is 6.42 Å². The van der Waals surface area contributed by atoms with E-state index in [1.54, 1.807) is 7.11 Å². The summed E-state index contributed by atoms with van der Waals surface area (Å²) in [6.45, 7) is 2.06. The lowest BCUT2D eigenvalue weighted by atomic mass is 10.0. The molecule has 0 saturated carbocycles. The fraction of sp³-hybridized carbons (Fsp3) is 0.364. The number of methoxy groups -OCH3 is 1. The van der Waals surface area contributed by atoms with Crippen LogP contribution in [0, 0.1) is 10.9 Å². The summed E-state index contributed by atoms with van der Waals surface area (Å²) in [5.74, 6) is 0.942. The second-order valence-electron chi connectivity index (χ2n) is 3.24. The molecule has 1 rings (SSSR count). The highest BCUT2D eigenvalue weighted by molar-refractivity contribution is 5.81. The molecule has 4 nitrogen and oxygen atoms in total. The van der Waals surface area contributed by atoms with Gasteiger partial charge in [0.25, 0.3) is 0 Å². The van der Waals surface area contributed by atoms with Gasteiger partial charge in [0.15, 0.2) is 0 Å². The van der Waals surface area contributed by atoms with E-state index in [0.717, 1.165) is 23.3 Å². The summed E-state index contributed by atoms with van der Waals surface area (Å²) in [6, 6.07) is 5.79. The Labute approximate surface area is 89.3 Å². The Morgan fingerprint density at radius 1 is 1.47 bits per heavy atom. The molecule has 0 unspecified atom stereocenters. The van der Waals surface area contributed by atoms with Crippen molar-refractivity contribution in [2.45, 2.75) is 19.8 Å². The van der Waals surface area contributed by atoms with E-state index in [1.165, 1.54) is 0 Å². The van der Waals surface area contributed by atoms with E-state index in [4.69, 9.17) is 15.7 Å². The standard InChI is InChI=1S/C11H15N3O/c1-3-9-6-8(7-11(12)14-13)4-5-10(9)15-2/h4-6,12-13H,3,7H2,1-2H3. The van der Waals surface area contributed by atoms with Crippen LogP contribution in [0.4, 0.5) is 0 Å². The summed E-state index contributed by atoms with van der Waals surface area (Å²) < 4.78 is 5.21. The van der Waals surface area contributed by atoms with Crippen LogP contribution in [0.25, 0.3) is 0 Å². The van der Waals surface area contributed by atoms with E-state index in [9.17, 15) is 0 Å². The topological polar surface area (TPSA) is 69.3 Å². The number of nitrogens with one attached hydrogen (secondary N) is 2. The number of rotatable bonds is 4. The van der Waals surface area contributed by atoms with Crippen molar-refractivity contribution < 1.29 is 4.74 Å². The third-order valence-electron chi connectivity index (χ3n) is 2.23. The smallest absolute Gasteiger partial charge is 0.147 e. The minimum atomic E-state index is 0.0715. The third-order valence-corrected chi connectivity index (χ3v) is 2.23. The molecule has 80 valence electrons. The Morgan fingerprint density at radius 2 is 2.20 bits per heavy atom. The summed E-state index contributed by atoms with van der Waals surface area (Å²) in [7, 11) is 1.65. The van der Waals surface area contributed by atoms with Crippen molar-refractivity contribution >= 4 is 5.84 Å². The number of nitrogens with zero attached hydrogens (tertiary/aromatic N) is 1. The maximum absolute atomic E-state index is 7.32. The molecular weight excluding hydrogens is 190 g/mol. The van der Waals surface area contributed by atoms with Gasteiger partial charge in [-0.05, 0) is 23.6 Å². The molecule has 0 radical (unpaired) electrons. The summed E-state index contributed by atoms with van der Waals surface area (Å²) >= 11 is 0. The molecule has 0 aromatic heterocycles. The average molecular weight is 205 g/mol. The van der Waals surface area contributed by atoms with Crippen LogP contribution in [0.1, 0.15) is 18.1 Å². The number of hydrogen-bond donors (Lipinski definition) is 2. The van der Waals surface area contributed by atoms with E-state index < -0.39 is 0 Å². The van der Waals surface area contributed by atoms with Crippen molar-refractivity contribution in [3.63, 3.8) is 0 Å². The van der Waals surface area contributed by atoms with E-state index in [-0.39, 0.29) is 5.84 Å².